The summed E-state index contributed by atoms with van der Waals surface area (Å²) in [4.78, 5) is 22.5. The zero-order valence-electron chi connectivity index (χ0n) is 20.8. The second kappa shape index (κ2) is 9.66. The molecule has 0 unspecified atom stereocenters. The SMILES string of the molecule is CC1(C)Cc2cc(NC(=O)c3cccc(N4CCC[C@@H](N)C4)n3)c(N3CCC(CO)CC3)cc2O1. The number of aliphatic hydroxyl groups excluding tert-OH is 1. The Hall–Kier alpha value is -2.84. The Kier molecular flexibility index (Phi) is 6.59. The van der Waals surface area contributed by atoms with Crippen molar-refractivity contribution in [2.24, 2.45) is 11.7 Å². The zero-order chi connectivity index (χ0) is 24.6. The minimum Gasteiger partial charge on any atom is -0.487 e. The third-order valence-electron chi connectivity index (χ3n) is 7.39. The lowest BCUT2D eigenvalue weighted by Gasteiger charge is -2.34. The van der Waals surface area contributed by atoms with E-state index >= 15 is 0 Å². The second-order valence-corrected chi connectivity index (χ2v) is 10.8. The van der Waals surface area contributed by atoms with Gasteiger partial charge in [0.15, 0.2) is 0 Å². The number of benzene rings is 1. The fraction of sp³-hybridized carbons (Fsp3) is 0.556. The summed E-state index contributed by atoms with van der Waals surface area (Å²) in [5.74, 6) is 1.79. The number of carbonyl (C=O) groups is 1. The number of hydrogen-bond acceptors (Lipinski definition) is 7. The van der Waals surface area contributed by atoms with Crippen molar-refractivity contribution in [2.45, 2.75) is 57.6 Å². The molecule has 3 aliphatic heterocycles. The third kappa shape index (κ3) is 5.23. The van der Waals surface area contributed by atoms with Gasteiger partial charge < -0.3 is 30.7 Å². The highest BCUT2D eigenvalue weighted by molar-refractivity contribution is 6.05. The summed E-state index contributed by atoms with van der Waals surface area (Å²) >= 11 is 0. The molecule has 4 N–H and O–H groups in total. The largest absolute Gasteiger partial charge is 0.487 e. The Morgan fingerprint density at radius 2 is 2.00 bits per heavy atom. The van der Waals surface area contributed by atoms with Crippen LogP contribution in [0.3, 0.4) is 0 Å². The van der Waals surface area contributed by atoms with Crippen LogP contribution in [0.25, 0.3) is 0 Å². The fourth-order valence-corrected chi connectivity index (χ4v) is 5.49. The van der Waals surface area contributed by atoms with Crippen LogP contribution in [0, 0.1) is 5.92 Å². The van der Waals surface area contributed by atoms with Crippen LogP contribution in [-0.2, 0) is 6.42 Å². The monoisotopic (exact) mass is 479 g/mol. The van der Waals surface area contributed by atoms with Gasteiger partial charge in [-0.05, 0) is 63.6 Å². The van der Waals surface area contributed by atoms with Crippen LogP contribution < -0.4 is 25.6 Å². The normalized spacial score (nSPS) is 22.0. The van der Waals surface area contributed by atoms with Crippen molar-refractivity contribution >= 4 is 23.1 Å². The molecule has 2 fully saturated rings. The molecule has 0 spiro atoms. The predicted octanol–water partition coefficient (Wildman–Crippen LogP) is 3.18. The first-order valence-corrected chi connectivity index (χ1v) is 12.8. The molecule has 5 rings (SSSR count). The van der Waals surface area contributed by atoms with Crippen molar-refractivity contribution in [3.63, 3.8) is 0 Å². The number of nitrogens with zero attached hydrogens (tertiary/aromatic N) is 3. The standard InChI is InChI=1S/C27H37N5O3/c1-27(2)15-19-13-22(23(14-24(19)35-27)31-11-8-18(17-33)9-12-31)30-26(34)21-6-3-7-25(29-21)32-10-4-5-20(28)16-32/h3,6-7,13-14,18,20,33H,4-5,8-12,15-17,28H2,1-2H3,(H,30,34)/t20-/m1/s1. The van der Waals surface area contributed by atoms with E-state index in [4.69, 9.17) is 10.5 Å². The fourth-order valence-electron chi connectivity index (χ4n) is 5.49. The quantitative estimate of drug-likeness (QED) is 0.605. The number of rotatable bonds is 5. The van der Waals surface area contributed by atoms with E-state index in [2.05, 4.69) is 46.1 Å². The molecular formula is C27H37N5O3. The number of pyridine rings is 1. The molecule has 8 nitrogen and oxygen atoms in total. The average molecular weight is 480 g/mol. The van der Waals surface area contributed by atoms with E-state index < -0.39 is 0 Å². The molecule has 2 aromatic rings. The first-order valence-electron chi connectivity index (χ1n) is 12.8. The number of ether oxygens (including phenoxy) is 1. The van der Waals surface area contributed by atoms with Crippen molar-refractivity contribution < 1.29 is 14.6 Å². The van der Waals surface area contributed by atoms with Gasteiger partial charge in [-0.25, -0.2) is 4.98 Å². The van der Waals surface area contributed by atoms with Gasteiger partial charge in [0.05, 0.1) is 11.4 Å². The van der Waals surface area contributed by atoms with Gasteiger partial charge in [-0.15, -0.1) is 0 Å². The van der Waals surface area contributed by atoms with Gasteiger partial charge >= 0.3 is 0 Å². The van der Waals surface area contributed by atoms with Crippen LogP contribution in [0.2, 0.25) is 0 Å². The summed E-state index contributed by atoms with van der Waals surface area (Å²) in [7, 11) is 0. The lowest BCUT2D eigenvalue weighted by atomic mass is 9.96. The molecule has 0 bridgehead atoms. The molecule has 1 aromatic carbocycles. The summed E-state index contributed by atoms with van der Waals surface area (Å²) in [6, 6.07) is 9.85. The number of nitrogens with one attached hydrogen (secondary N) is 1. The van der Waals surface area contributed by atoms with E-state index in [1.54, 1.807) is 6.07 Å². The molecule has 3 aliphatic rings. The average Bonchev–Trinajstić information content (AvgIpc) is 3.16. The molecule has 0 aliphatic carbocycles. The van der Waals surface area contributed by atoms with Crippen molar-refractivity contribution in [2.75, 3.05) is 47.9 Å². The van der Waals surface area contributed by atoms with E-state index in [-0.39, 0.29) is 24.2 Å². The Morgan fingerprint density at radius 1 is 1.20 bits per heavy atom. The van der Waals surface area contributed by atoms with Crippen LogP contribution >= 0.6 is 0 Å². The molecule has 0 radical (unpaired) electrons. The number of aliphatic hydroxyl groups is 1. The number of amides is 1. The second-order valence-electron chi connectivity index (χ2n) is 10.8. The van der Waals surface area contributed by atoms with Gasteiger partial charge in [-0.1, -0.05) is 6.07 Å². The minimum atomic E-state index is -0.267. The van der Waals surface area contributed by atoms with E-state index in [1.807, 2.05) is 12.1 Å². The van der Waals surface area contributed by atoms with E-state index in [9.17, 15) is 9.90 Å². The number of fused-ring (bicyclic) bond motifs is 1. The lowest BCUT2D eigenvalue weighted by Crippen LogP contribution is -2.43. The molecule has 2 saturated heterocycles. The summed E-state index contributed by atoms with van der Waals surface area (Å²) in [6.07, 6.45) is 4.70. The molecule has 8 heteroatoms. The molecule has 1 amide bonds. The van der Waals surface area contributed by atoms with Gasteiger partial charge in [0.25, 0.3) is 5.91 Å². The van der Waals surface area contributed by atoms with Crippen LogP contribution in [0.15, 0.2) is 30.3 Å². The first-order chi connectivity index (χ1) is 16.8. The maximum Gasteiger partial charge on any atom is 0.274 e. The van der Waals surface area contributed by atoms with Gasteiger partial charge in [-0.3, -0.25) is 4.79 Å². The first kappa shape index (κ1) is 23.9. The van der Waals surface area contributed by atoms with Crippen molar-refractivity contribution in [3.8, 4) is 5.75 Å². The Morgan fingerprint density at radius 3 is 2.74 bits per heavy atom. The molecule has 188 valence electrons. The van der Waals surface area contributed by atoms with Crippen LogP contribution in [0.1, 0.15) is 55.6 Å². The number of piperidine rings is 2. The molecule has 35 heavy (non-hydrogen) atoms. The zero-order valence-corrected chi connectivity index (χ0v) is 20.8. The topological polar surface area (TPSA) is 104 Å². The molecule has 1 atom stereocenters. The Labute approximate surface area is 207 Å². The number of hydrogen-bond donors (Lipinski definition) is 3. The molecule has 0 saturated carbocycles. The third-order valence-corrected chi connectivity index (χ3v) is 7.39. The highest BCUT2D eigenvalue weighted by Gasteiger charge is 2.32. The van der Waals surface area contributed by atoms with E-state index in [0.717, 1.165) is 86.8 Å². The Bertz CT molecular complexity index is 1080. The van der Waals surface area contributed by atoms with Crippen LogP contribution in [0.4, 0.5) is 17.2 Å². The summed E-state index contributed by atoms with van der Waals surface area (Å²) in [5, 5.41) is 12.7. The van der Waals surface area contributed by atoms with E-state index in [1.165, 1.54) is 0 Å². The van der Waals surface area contributed by atoms with Crippen LogP contribution in [-0.4, -0.2) is 60.4 Å². The van der Waals surface area contributed by atoms with Gasteiger partial charge in [0, 0.05) is 56.9 Å². The van der Waals surface area contributed by atoms with Crippen molar-refractivity contribution in [1.82, 2.24) is 4.98 Å². The highest BCUT2D eigenvalue weighted by Crippen LogP contribution is 2.42. The highest BCUT2D eigenvalue weighted by atomic mass is 16.5. The number of nitrogens with two attached hydrogens (primary N) is 1. The maximum atomic E-state index is 13.4. The Balaban J connectivity index is 1.40. The molecule has 4 heterocycles. The predicted molar refractivity (Wildman–Crippen MR) is 138 cm³/mol. The van der Waals surface area contributed by atoms with Gasteiger partial charge in [0.2, 0.25) is 0 Å². The van der Waals surface area contributed by atoms with Gasteiger partial charge in [0.1, 0.15) is 22.9 Å². The van der Waals surface area contributed by atoms with Gasteiger partial charge in [-0.2, -0.15) is 0 Å². The lowest BCUT2D eigenvalue weighted by molar-refractivity contribution is 0.102. The summed E-state index contributed by atoms with van der Waals surface area (Å²) < 4.78 is 6.20. The summed E-state index contributed by atoms with van der Waals surface area (Å²) in [5.41, 5.74) is 9.12. The number of anilines is 3. The number of carbonyl (C=O) groups excluding carboxylic acids is 1. The smallest absolute Gasteiger partial charge is 0.274 e. The van der Waals surface area contributed by atoms with E-state index in [0.29, 0.717) is 11.6 Å². The minimum absolute atomic E-state index is 0.137. The summed E-state index contributed by atoms with van der Waals surface area (Å²) in [6.45, 7) is 7.72. The van der Waals surface area contributed by atoms with Crippen molar-refractivity contribution in [1.29, 1.82) is 0 Å². The molecule has 1 aromatic heterocycles. The van der Waals surface area contributed by atoms with Crippen LogP contribution in [0.5, 0.6) is 5.75 Å². The molecular weight excluding hydrogens is 442 g/mol. The maximum absolute atomic E-state index is 13.4. The number of aromatic nitrogens is 1. The van der Waals surface area contributed by atoms with Crippen molar-refractivity contribution in [3.05, 3.63) is 41.6 Å².